The molecule has 0 bridgehead atoms. The van der Waals surface area contributed by atoms with Crippen molar-refractivity contribution in [3.05, 3.63) is 70.9 Å². The van der Waals surface area contributed by atoms with Crippen molar-refractivity contribution in [1.29, 1.82) is 0 Å². The molecular formula is C24H28N4O4. The quantitative estimate of drug-likeness (QED) is 0.569. The van der Waals surface area contributed by atoms with Crippen LogP contribution < -0.4 is 15.2 Å². The Labute approximate surface area is 187 Å². The minimum atomic E-state index is -0.159. The summed E-state index contributed by atoms with van der Waals surface area (Å²) < 4.78 is 14.1. The van der Waals surface area contributed by atoms with Gasteiger partial charge in [0.25, 0.3) is 5.91 Å². The number of ether oxygens (including phenoxy) is 2. The molecule has 0 aliphatic carbocycles. The standard InChI is InChI=1S/C24H28N4O4/c1-3-31-20-9-11-21(12-10-20)32-17-22(29)27-15-13-18(14-16-27)23-25-26(2)24(30)28(23)19-7-5-4-6-8-19/h4-12,18H,3,13-17H2,1-2H3. The van der Waals surface area contributed by atoms with E-state index in [1.54, 1.807) is 23.7 Å². The van der Waals surface area contributed by atoms with Gasteiger partial charge in [0.1, 0.15) is 17.3 Å². The van der Waals surface area contributed by atoms with E-state index in [4.69, 9.17) is 9.47 Å². The number of amides is 1. The van der Waals surface area contributed by atoms with E-state index in [0.29, 0.717) is 25.4 Å². The molecule has 2 heterocycles. The predicted molar refractivity (Wildman–Crippen MR) is 120 cm³/mol. The highest BCUT2D eigenvalue weighted by Gasteiger charge is 2.28. The van der Waals surface area contributed by atoms with Crippen molar-refractivity contribution in [3.8, 4) is 17.2 Å². The average Bonchev–Trinajstić information content (AvgIpc) is 3.13. The van der Waals surface area contributed by atoms with Gasteiger partial charge in [0.15, 0.2) is 6.61 Å². The lowest BCUT2D eigenvalue weighted by atomic mass is 9.95. The number of carbonyl (C=O) groups excluding carboxylic acids is 1. The Morgan fingerprint density at radius 1 is 1.00 bits per heavy atom. The Morgan fingerprint density at radius 2 is 1.62 bits per heavy atom. The van der Waals surface area contributed by atoms with Crippen LogP contribution in [0.4, 0.5) is 0 Å². The number of likely N-dealkylation sites (tertiary alicyclic amines) is 1. The Hall–Kier alpha value is -3.55. The Balaban J connectivity index is 1.36. The fraction of sp³-hybridized carbons (Fsp3) is 0.375. The van der Waals surface area contributed by atoms with Crippen LogP contribution in [0.3, 0.4) is 0 Å². The first-order valence-electron chi connectivity index (χ1n) is 10.9. The van der Waals surface area contributed by atoms with Crippen molar-refractivity contribution in [2.75, 3.05) is 26.3 Å². The maximum atomic E-state index is 12.7. The summed E-state index contributed by atoms with van der Waals surface area (Å²) in [5, 5.41) is 4.51. The van der Waals surface area contributed by atoms with Gasteiger partial charge < -0.3 is 14.4 Å². The SMILES string of the molecule is CCOc1ccc(OCC(=O)N2CCC(c3nn(C)c(=O)n3-c3ccccc3)CC2)cc1. The first-order chi connectivity index (χ1) is 15.6. The Morgan fingerprint density at radius 3 is 2.25 bits per heavy atom. The van der Waals surface area contributed by atoms with Gasteiger partial charge >= 0.3 is 5.69 Å². The van der Waals surface area contributed by atoms with E-state index in [0.717, 1.165) is 30.1 Å². The molecule has 168 valence electrons. The number of para-hydroxylation sites is 1. The normalized spacial score (nSPS) is 14.4. The van der Waals surface area contributed by atoms with Crippen LogP contribution in [0.1, 0.15) is 31.5 Å². The fourth-order valence-electron chi connectivity index (χ4n) is 3.99. The molecule has 0 spiro atoms. The number of aromatic nitrogens is 3. The second-order valence-corrected chi connectivity index (χ2v) is 7.78. The fourth-order valence-corrected chi connectivity index (χ4v) is 3.99. The van der Waals surface area contributed by atoms with Gasteiger partial charge in [-0.15, -0.1) is 0 Å². The first-order valence-corrected chi connectivity index (χ1v) is 10.9. The topological polar surface area (TPSA) is 78.6 Å². The van der Waals surface area contributed by atoms with Crippen molar-refractivity contribution < 1.29 is 14.3 Å². The monoisotopic (exact) mass is 436 g/mol. The number of nitrogens with zero attached hydrogens (tertiary/aromatic N) is 4. The Bertz CT molecular complexity index is 1100. The highest BCUT2D eigenvalue weighted by atomic mass is 16.5. The minimum Gasteiger partial charge on any atom is -0.494 e. The van der Waals surface area contributed by atoms with Gasteiger partial charge in [0.2, 0.25) is 0 Å². The van der Waals surface area contributed by atoms with Gasteiger partial charge in [0, 0.05) is 26.1 Å². The van der Waals surface area contributed by atoms with E-state index in [9.17, 15) is 9.59 Å². The van der Waals surface area contributed by atoms with E-state index in [1.807, 2.05) is 54.3 Å². The van der Waals surface area contributed by atoms with Crippen LogP contribution in [0.5, 0.6) is 11.5 Å². The molecule has 2 aromatic carbocycles. The maximum absolute atomic E-state index is 12.7. The van der Waals surface area contributed by atoms with Crippen molar-refractivity contribution in [2.24, 2.45) is 7.05 Å². The molecular weight excluding hydrogens is 408 g/mol. The zero-order chi connectivity index (χ0) is 22.5. The van der Waals surface area contributed by atoms with Crippen LogP contribution in [0.2, 0.25) is 0 Å². The van der Waals surface area contributed by atoms with E-state index in [2.05, 4.69) is 5.10 Å². The van der Waals surface area contributed by atoms with Crippen molar-refractivity contribution in [2.45, 2.75) is 25.7 Å². The van der Waals surface area contributed by atoms with Crippen molar-refractivity contribution >= 4 is 5.91 Å². The van der Waals surface area contributed by atoms with Crippen LogP contribution in [0, 0.1) is 0 Å². The third kappa shape index (κ3) is 4.69. The van der Waals surface area contributed by atoms with Gasteiger partial charge in [-0.3, -0.25) is 4.79 Å². The van der Waals surface area contributed by atoms with Crippen LogP contribution >= 0.6 is 0 Å². The molecule has 8 nitrogen and oxygen atoms in total. The van der Waals surface area contributed by atoms with Crippen LogP contribution in [-0.2, 0) is 11.8 Å². The summed E-state index contributed by atoms with van der Waals surface area (Å²) in [6, 6.07) is 16.8. The molecule has 1 saturated heterocycles. The summed E-state index contributed by atoms with van der Waals surface area (Å²) in [7, 11) is 1.67. The molecule has 1 aliphatic rings. The van der Waals surface area contributed by atoms with E-state index in [-0.39, 0.29) is 24.1 Å². The highest BCUT2D eigenvalue weighted by Crippen LogP contribution is 2.27. The van der Waals surface area contributed by atoms with E-state index >= 15 is 0 Å². The van der Waals surface area contributed by atoms with Gasteiger partial charge in [-0.1, -0.05) is 18.2 Å². The third-order valence-electron chi connectivity index (χ3n) is 5.67. The summed E-state index contributed by atoms with van der Waals surface area (Å²) in [5.74, 6) is 2.23. The molecule has 1 aliphatic heterocycles. The molecule has 1 amide bonds. The molecule has 0 saturated carbocycles. The largest absolute Gasteiger partial charge is 0.494 e. The number of rotatable bonds is 7. The average molecular weight is 437 g/mol. The lowest BCUT2D eigenvalue weighted by Crippen LogP contribution is -2.41. The van der Waals surface area contributed by atoms with Crippen LogP contribution in [0.25, 0.3) is 5.69 Å². The van der Waals surface area contributed by atoms with Gasteiger partial charge in [-0.2, -0.15) is 5.10 Å². The molecule has 0 atom stereocenters. The Kier molecular flexibility index (Phi) is 6.58. The zero-order valence-corrected chi connectivity index (χ0v) is 18.4. The molecule has 4 rings (SSSR count). The van der Waals surface area contributed by atoms with Gasteiger partial charge in [-0.05, 0) is 56.2 Å². The molecule has 1 aromatic heterocycles. The second-order valence-electron chi connectivity index (χ2n) is 7.78. The number of benzene rings is 2. The molecule has 0 radical (unpaired) electrons. The summed E-state index contributed by atoms with van der Waals surface area (Å²) >= 11 is 0. The molecule has 8 heteroatoms. The minimum absolute atomic E-state index is 0.00302. The molecule has 1 fully saturated rings. The summed E-state index contributed by atoms with van der Waals surface area (Å²) in [4.78, 5) is 27.1. The second kappa shape index (κ2) is 9.72. The lowest BCUT2D eigenvalue weighted by molar-refractivity contribution is -0.134. The first kappa shape index (κ1) is 21.7. The number of hydrogen-bond donors (Lipinski definition) is 0. The number of aryl methyl sites for hydroxylation is 1. The van der Waals surface area contributed by atoms with Crippen LogP contribution in [-0.4, -0.2) is 51.5 Å². The van der Waals surface area contributed by atoms with Crippen LogP contribution in [0.15, 0.2) is 59.4 Å². The molecule has 3 aromatic rings. The maximum Gasteiger partial charge on any atom is 0.350 e. The van der Waals surface area contributed by atoms with Crippen molar-refractivity contribution in [1.82, 2.24) is 19.2 Å². The summed E-state index contributed by atoms with van der Waals surface area (Å²) in [6.07, 6.45) is 1.50. The smallest absolute Gasteiger partial charge is 0.350 e. The van der Waals surface area contributed by atoms with E-state index in [1.165, 1.54) is 4.68 Å². The number of carbonyl (C=O) groups is 1. The predicted octanol–water partition coefficient (Wildman–Crippen LogP) is 2.75. The number of hydrogen-bond acceptors (Lipinski definition) is 5. The lowest BCUT2D eigenvalue weighted by Gasteiger charge is -2.31. The van der Waals surface area contributed by atoms with E-state index < -0.39 is 0 Å². The highest BCUT2D eigenvalue weighted by molar-refractivity contribution is 5.77. The molecule has 0 N–H and O–H groups in total. The third-order valence-corrected chi connectivity index (χ3v) is 5.67. The zero-order valence-electron chi connectivity index (χ0n) is 18.4. The summed E-state index contributed by atoms with van der Waals surface area (Å²) in [6.45, 7) is 3.75. The van der Waals surface area contributed by atoms with Gasteiger partial charge in [0.05, 0.1) is 12.3 Å². The molecule has 32 heavy (non-hydrogen) atoms. The van der Waals surface area contributed by atoms with Crippen molar-refractivity contribution in [3.63, 3.8) is 0 Å². The molecule has 0 unspecified atom stereocenters. The summed E-state index contributed by atoms with van der Waals surface area (Å²) in [5.41, 5.74) is 0.649. The van der Waals surface area contributed by atoms with Gasteiger partial charge in [-0.25, -0.2) is 14.0 Å². The number of piperidine rings is 1.